The number of carbonyl (C=O) groups is 1. The van der Waals surface area contributed by atoms with Crippen molar-refractivity contribution in [2.45, 2.75) is 19.4 Å². The number of hydrogen-bond donors (Lipinski definition) is 1. The first-order valence-electron chi connectivity index (χ1n) is 7.90. The van der Waals surface area contributed by atoms with Gasteiger partial charge >= 0.3 is 0 Å². The molecule has 4 nitrogen and oxygen atoms in total. The van der Waals surface area contributed by atoms with Gasteiger partial charge in [0.25, 0.3) is 0 Å². The number of anilines is 1. The summed E-state index contributed by atoms with van der Waals surface area (Å²) in [6.45, 7) is 0.623. The maximum absolute atomic E-state index is 12.1. The fraction of sp³-hybridized carbons (Fsp3) is 0.158. The van der Waals surface area contributed by atoms with Crippen LogP contribution in [0.4, 0.5) is 5.69 Å². The predicted octanol–water partition coefficient (Wildman–Crippen LogP) is 4.81. The van der Waals surface area contributed by atoms with Gasteiger partial charge in [0.1, 0.15) is 0 Å². The van der Waals surface area contributed by atoms with E-state index in [1.54, 1.807) is 10.9 Å². The van der Waals surface area contributed by atoms with Crippen LogP contribution >= 0.6 is 23.2 Å². The number of benzene rings is 2. The van der Waals surface area contributed by atoms with Gasteiger partial charge in [-0.3, -0.25) is 9.48 Å². The molecule has 1 amide bonds. The molecule has 0 saturated heterocycles. The first-order chi connectivity index (χ1) is 12.1. The molecule has 2 aromatic carbocycles. The van der Waals surface area contributed by atoms with Crippen molar-refractivity contribution in [3.8, 4) is 0 Å². The summed E-state index contributed by atoms with van der Waals surface area (Å²) in [4.78, 5) is 12.1. The number of nitrogens with one attached hydrogen (secondary N) is 1. The highest BCUT2D eigenvalue weighted by Gasteiger charge is 2.06. The lowest BCUT2D eigenvalue weighted by Crippen LogP contribution is -2.11. The summed E-state index contributed by atoms with van der Waals surface area (Å²) in [7, 11) is 0. The Morgan fingerprint density at radius 1 is 0.960 bits per heavy atom. The molecule has 0 aliphatic carbocycles. The highest BCUT2D eigenvalue weighted by atomic mass is 35.5. The number of aromatic nitrogens is 2. The van der Waals surface area contributed by atoms with E-state index in [0.717, 1.165) is 11.1 Å². The molecule has 0 radical (unpaired) electrons. The summed E-state index contributed by atoms with van der Waals surface area (Å²) >= 11 is 11.7. The van der Waals surface area contributed by atoms with E-state index in [1.165, 1.54) is 0 Å². The Labute approximate surface area is 156 Å². The number of halogens is 2. The minimum absolute atomic E-state index is 0.0407. The molecule has 1 heterocycles. The standard InChI is InChI=1S/C19H17Cl2N3O/c20-16-6-1-14(2-7-16)5-10-19(25)23-18-11-22-24(13-18)12-15-3-8-17(21)9-4-15/h1-4,6-9,11,13H,5,10,12H2,(H,23,25). The van der Waals surface area contributed by atoms with Crippen LogP contribution < -0.4 is 5.32 Å². The maximum atomic E-state index is 12.1. The Hall–Kier alpha value is -2.30. The van der Waals surface area contributed by atoms with Gasteiger partial charge in [-0.1, -0.05) is 47.5 Å². The summed E-state index contributed by atoms with van der Waals surface area (Å²) in [5.74, 6) is -0.0407. The number of amides is 1. The zero-order chi connectivity index (χ0) is 17.6. The van der Waals surface area contributed by atoms with E-state index in [9.17, 15) is 4.79 Å². The lowest BCUT2D eigenvalue weighted by molar-refractivity contribution is -0.116. The van der Waals surface area contributed by atoms with Gasteiger partial charge in [-0.05, 0) is 41.8 Å². The summed E-state index contributed by atoms with van der Waals surface area (Å²) < 4.78 is 1.78. The van der Waals surface area contributed by atoms with E-state index < -0.39 is 0 Å². The van der Waals surface area contributed by atoms with Crippen LogP contribution in [0.3, 0.4) is 0 Å². The first kappa shape index (κ1) is 17.5. The van der Waals surface area contributed by atoms with Crippen LogP contribution in [0.15, 0.2) is 60.9 Å². The molecular weight excluding hydrogens is 357 g/mol. The topological polar surface area (TPSA) is 46.9 Å². The summed E-state index contributed by atoms with van der Waals surface area (Å²) in [5.41, 5.74) is 2.86. The molecule has 1 aromatic heterocycles. The summed E-state index contributed by atoms with van der Waals surface area (Å²) in [5, 5.41) is 8.54. The summed E-state index contributed by atoms with van der Waals surface area (Å²) in [6.07, 6.45) is 4.54. The molecule has 6 heteroatoms. The molecule has 3 aromatic rings. The number of nitrogens with zero attached hydrogens (tertiary/aromatic N) is 2. The molecule has 0 aliphatic heterocycles. The highest BCUT2D eigenvalue weighted by molar-refractivity contribution is 6.30. The van der Waals surface area contributed by atoms with Crippen LogP contribution in [0.2, 0.25) is 10.0 Å². The molecule has 0 spiro atoms. The van der Waals surface area contributed by atoms with Gasteiger partial charge in [-0.2, -0.15) is 5.10 Å². The van der Waals surface area contributed by atoms with E-state index in [4.69, 9.17) is 23.2 Å². The molecule has 3 rings (SSSR count). The highest BCUT2D eigenvalue weighted by Crippen LogP contribution is 2.13. The van der Waals surface area contributed by atoms with Crippen LogP contribution in [0.1, 0.15) is 17.5 Å². The molecule has 0 atom stereocenters. The van der Waals surface area contributed by atoms with Crippen molar-refractivity contribution in [3.05, 3.63) is 82.1 Å². The monoisotopic (exact) mass is 373 g/mol. The molecular formula is C19H17Cl2N3O. The van der Waals surface area contributed by atoms with Gasteiger partial charge in [0, 0.05) is 22.7 Å². The quantitative estimate of drug-likeness (QED) is 0.673. The van der Waals surface area contributed by atoms with Crippen LogP contribution in [-0.4, -0.2) is 15.7 Å². The molecule has 25 heavy (non-hydrogen) atoms. The third kappa shape index (κ3) is 5.34. The Morgan fingerprint density at radius 3 is 2.20 bits per heavy atom. The molecule has 0 aliphatic rings. The third-order valence-corrected chi connectivity index (χ3v) is 4.23. The zero-order valence-electron chi connectivity index (χ0n) is 13.5. The molecule has 0 bridgehead atoms. The Balaban J connectivity index is 1.51. The lowest BCUT2D eigenvalue weighted by Gasteiger charge is -2.04. The van der Waals surface area contributed by atoms with Crippen molar-refractivity contribution < 1.29 is 4.79 Å². The van der Waals surface area contributed by atoms with Crippen LogP contribution in [0, 0.1) is 0 Å². The van der Waals surface area contributed by atoms with E-state index in [-0.39, 0.29) is 5.91 Å². The number of hydrogen-bond acceptors (Lipinski definition) is 2. The van der Waals surface area contributed by atoms with Crippen molar-refractivity contribution in [3.63, 3.8) is 0 Å². The van der Waals surface area contributed by atoms with Gasteiger partial charge in [0.15, 0.2) is 0 Å². The van der Waals surface area contributed by atoms with Gasteiger partial charge < -0.3 is 5.32 Å². The van der Waals surface area contributed by atoms with Crippen LogP contribution in [0.5, 0.6) is 0 Å². The van der Waals surface area contributed by atoms with Crippen molar-refractivity contribution in [1.29, 1.82) is 0 Å². The van der Waals surface area contributed by atoms with Crippen molar-refractivity contribution >= 4 is 34.8 Å². The Bertz CT molecular complexity index is 842. The number of aryl methyl sites for hydroxylation is 1. The Morgan fingerprint density at radius 2 is 1.56 bits per heavy atom. The predicted molar refractivity (Wildman–Crippen MR) is 101 cm³/mol. The van der Waals surface area contributed by atoms with Gasteiger partial charge in [0.05, 0.1) is 18.4 Å². The summed E-state index contributed by atoms with van der Waals surface area (Å²) in [6, 6.07) is 15.1. The van der Waals surface area contributed by atoms with E-state index in [2.05, 4.69) is 10.4 Å². The van der Waals surface area contributed by atoms with Crippen molar-refractivity contribution in [2.24, 2.45) is 0 Å². The van der Waals surface area contributed by atoms with Gasteiger partial charge in [-0.25, -0.2) is 0 Å². The largest absolute Gasteiger partial charge is 0.323 e. The van der Waals surface area contributed by atoms with Crippen molar-refractivity contribution in [2.75, 3.05) is 5.32 Å². The SMILES string of the molecule is O=C(CCc1ccc(Cl)cc1)Nc1cnn(Cc2ccc(Cl)cc2)c1. The zero-order valence-corrected chi connectivity index (χ0v) is 15.0. The van der Waals surface area contributed by atoms with Gasteiger partial charge in [0.2, 0.25) is 5.91 Å². The molecule has 0 unspecified atom stereocenters. The van der Waals surface area contributed by atoms with E-state index in [0.29, 0.717) is 35.1 Å². The number of rotatable bonds is 6. The second-order valence-corrected chi connectivity index (χ2v) is 6.60. The van der Waals surface area contributed by atoms with Crippen molar-refractivity contribution in [1.82, 2.24) is 9.78 Å². The second-order valence-electron chi connectivity index (χ2n) is 5.73. The third-order valence-electron chi connectivity index (χ3n) is 3.73. The lowest BCUT2D eigenvalue weighted by atomic mass is 10.1. The molecule has 0 fully saturated rings. The van der Waals surface area contributed by atoms with Crippen LogP contribution in [0.25, 0.3) is 0 Å². The first-order valence-corrected chi connectivity index (χ1v) is 8.65. The fourth-order valence-electron chi connectivity index (χ4n) is 2.42. The molecule has 128 valence electrons. The molecule has 1 N–H and O–H groups in total. The smallest absolute Gasteiger partial charge is 0.224 e. The Kier molecular flexibility index (Phi) is 5.74. The van der Waals surface area contributed by atoms with E-state index >= 15 is 0 Å². The fourth-order valence-corrected chi connectivity index (χ4v) is 2.68. The van der Waals surface area contributed by atoms with Crippen LogP contribution in [-0.2, 0) is 17.8 Å². The maximum Gasteiger partial charge on any atom is 0.224 e. The van der Waals surface area contributed by atoms with E-state index in [1.807, 2.05) is 54.7 Å². The minimum atomic E-state index is -0.0407. The average Bonchev–Trinajstić information content (AvgIpc) is 3.03. The molecule has 0 saturated carbocycles. The second kappa shape index (κ2) is 8.19. The number of carbonyl (C=O) groups excluding carboxylic acids is 1. The average molecular weight is 374 g/mol. The normalized spacial score (nSPS) is 10.6. The minimum Gasteiger partial charge on any atom is -0.323 e. The van der Waals surface area contributed by atoms with Gasteiger partial charge in [-0.15, -0.1) is 0 Å².